The Hall–Kier alpha value is -12.0. The second-order valence-electron chi connectivity index (χ2n) is 26.0. The first-order chi connectivity index (χ1) is 47.5. The second kappa shape index (κ2) is 25.7. The number of nitrogens with zero attached hydrogens (tertiary/aromatic N) is 4. The van der Waals surface area contributed by atoms with E-state index in [-0.39, 0.29) is 5.41 Å². The number of benzene rings is 13. The minimum absolute atomic E-state index is 0.177. The summed E-state index contributed by atoms with van der Waals surface area (Å²) in [4.78, 5) is 2.37. The van der Waals surface area contributed by atoms with Gasteiger partial charge in [0, 0.05) is 71.9 Å². The third-order valence-electron chi connectivity index (χ3n) is 19.5. The normalized spacial score (nSPS) is 12.2. The molecule has 13 aromatic carbocycles. The van der Waals surface area contributed by atoms with Crippen LogP contribution < -0.4 is 4.90 Å². The van der Waals surface area contributed by atoms with Crippen molar-refractivity contribution in [2.75, 3.05) is 4.90 Å². The Kier molecular flexibility index (Phi) is 16.2. The molecule has 4 nitrogen and oxygen atoms in total. The zero-order valence-corrected chi connectivity index (χ0v) is 55.9. The molecule has 3 aromatic heterocycles. The van der Waals surface area contributed by atoms with E-state index < -0.39 is 0 Å². The highest BCUT2D eigenvalue weighted by atomic mass is 15.1. The number of hydrogen-bond donors (Lipinski definition) is 0. The monoisotopic (exact) mass is 1250 g/mol. The van der Waals surface area contributed by atoms with Crippen LogP contribution in [0.25, 0.3) is 116 Å². The summed E-state index contributed by atoms with van der Waals surface area (Å²) in [6.45, 7) is 20.5. The van der Waals surface area contributed by atoms with E-state index in [4.69, 9.17) is 0 Å². The Morgan fingerprint density at radius 3 is 1.25 bits per heavy atom. The van der Waals surface area contributed by atoms with Crippen molar-refractivity contribution < 1.29 is 0 Å². The minimum Gasteiger partial charge on any atom is -0.311 e. The van der Waals surface area contributed by atoms with Gasteiger partial charge < -0.3 is 18.6 Å². The molecule has 0 saturated heterocycles. The first-order valence-corrected chi connectivity index (χ1v) is 33.6. The zero-order valence-electron chi connectivity index (χ0n) is 55.9. The summed E-state index contributed by atoms with van der Waals surface area (Å²) in [6, 6.07) is 113. The molecule has 0 unspecified atom stereocenters. The van der Waals surface area contributed by atoms with E-state index in [0.29, 0.717) is 0 Å². The van der Waals surface area contributed by atoms with Crippen LogP contribution in [0.1, 0.15) is 51.3 Å². The molecule has 4 heteroatoms. The number of para-hydroxylation sites is 3. The molecule has 1 aliphatic rings. The fraction of sp³-hybridized carbons (Fsp3) is 0.0753. The number of rotatable bonds is 11. The fourth-order valence-corrected chi connectivity index (χ4v) is 14.9. The molecule has 17 rings (SSSR count). The molecule has 0 radical (unpaired) electrons. The Morgan fingerprint density at radius 1 is 0.361 bits per heavy atom. The van der Waals surface area contributed by atoms with Crippen molar-refractivity contribution in [2.45, 2.75) is 47.0 Å². The lowest BCUT2D eigenvalue weighted by Crippen LogP contribution is -2.15. The molecule has 0 aliphatic heterocycles. The van der Waals surface area contributed by atoms with Crippen LogP contribution >= 0.6 is 0 Å². The molecule has 16 aromatic rings. The summed E-state index contributed by atoms with van der Waals surface area (Å²) < 4.78 is 7.55. The molecule has 0 atom stereocenters. The maximum atomic E-state index is 3.75. The van der Waals surface area contributed by atoms with Gasteiger partial charge in [-0.15, -0.1) is 0 Å². The van der Waals surface area contributed by atoms with Gasteiger partial charge in [0.1, 0.15) is 0 Å². The highest BCUT2D eigenvalue weighted by molar-refractivity contribution is 6.31. The number of fused-ring (bicyclic) bond motifs is 14. The van der Waals surface area contributed by atoms with Gasteiger partial charge in [-0.2, -0.15) is 0 Å². The topological polar surface area (TPSA) is 18.0 Å². The SMILES string of the molecule is C=C/C=C(\C)C(C=C)=C(C)C.CC1(C)c2ccccc2-c2ccc(-n3c4c(ccc5c4c4ccccc4n5-c4ccccc4)c4ccc5c(c6ccccc6n5-c5ccc(N(c6ccc(-c7ccccc7)cc6)c6ccc(-c7ccccc7)cc6)cc5)c43)cc21.Cc1ccccc1. The van der Waals surface area contributed by atoms with Crippen LogP contribution in [-0.2, 0) is 5.41 Å². The Labute approximate surface area is 569 Å². The molecule has 0 amide bonds. The van der Waals surface area contributed by atoms with Crippen molar-refractivity contribution in [1.29, 1.82) is 0 Å². The predicted molar refractivity (Wildman–Crippen MR) is 416 cm³/mol. The summed E-state index contributed by atoms with van der Waals surface area (Å²) in [5.41, 5.74) is 28.8. The van der Waals surface area contributed by atoms with Gasteiger partial charge in [0.05, 0.1) is 33.1 Å². The standard InChI is InChI=1S/C75H52N4.C11H16.C7H8/c1-75(2)65-27-15-12-24-59(65)60-43-42-58(48-66(60)75)79-73-61(44-46-69-71(73)63-25-13-16-28-67(63)77(69)53-22-10-5-11-23-53)62-45-47-70-72(74(62)79)64-26-14-17-29-68(64)78(70)57-40-38-56(39-41-57)76(54-34-30-51(31-35-54)49-18-6-3-7-19-49)55-36-32-52(33-37-55)50-20-8-4-9-21-50;1-6-8-10(5)11(7-2)9(3)4;1-7-5-3-2-4-6-7/h3-48H,1-2H3;6-8H,1-2H2,3-5H3;2-6H,1H3/b;10-8+;. The van der Waals surface area contributed by atoms with Crippen LogP contribution in [0.2, 0.25) is 0 Å². The van der Waals surface area contributed by atoms with Crippen LogP contribution in [-0.4, -0.2) is 13.7 Å². The summed E-state index contributed by atoms with van der Waals surface area (Å²) >= 11 is 0. The van der Waals surface area contributed by atoms with Crippen molar-refractivity contribution in [3.63, 3.8) is 0 Å². The number of aryl methyl sites for hydroxylation is 1. The van der Waals surface area contributed by atoms with Gasteiger partial charge >= 0.3 is 0 Å². The summed E-state index contributed by atoms with van der Waals surface area (Å²) in [5, 5.41) is 7.39. The molecule has 97 heavy (non-hydrogen) atoms. The van der Waals surface area contributed by atoms with Crippen LogP contribution in [0, 0.1) is 6.92 Å². The van der Waals surface area contributed by atoms with E-state index in [0.717, 1.165) is 45.2 Å². The molecule has 1 aliphatic carbocycles. The van der Waals surface area contributed by atoms with Crippen molar-refractivity contribution in [3.8, 4) is 50.4 Å². The van der Waals surface area contributed by atoms with Gasteiger partial charge in [-0.1, -0.05) is 269 Å². The third-order valence-corrected chi connectivity index (χ3v) is 19.5. The molecule has 468 valence electrons. The van der Waals surface area contributed by atoms with Crippen molar-refractivity contribution in [1.82, 2.24) is 13.7 Å². The van der Waals surface area contributed by atoms with Crippen LogP contribution in [0.5, 0.6) is 0 Å². The van der Waals surface area contributed by atoms with Crippen molar-refractivity contribution in [2.24, 2.45) is 0 Å². The van der Waals surface area contributed by atoms with E-state index >= 15 is 0 Å². The lowest BCUT2D eigenvalue weighted by atomic mass is 9.82. The largest absolute Gasteiger partial charge is 0.311 e. The maximum Gasteiger partial charge on any atom is 0.0641 e. The third kappa shape index (κ3) is 11.0. The van der Waals surface area contributed by atoms with E-state index in [2.05, 4.69) is 364 Å². The number of aromatic nitrogens is 3. The molecule has 0 bridgehead atoms. The van der Waals surface area contributed by atoms with Gasteiger partial charge in [0.2, 0.25) is 0 Å². The van der Waals surface area contributed by atoms with E-state index in [1.807, 2.05) is 30.4 Å². The molecule has 0 fully saturated rings. The summed E-state index contributed by atoms with van der Waals surface area (Å²) in [5.74, 6) is 0. The highest BCUT2D eigenvalue weighted by Crippen LogP contribution is 2.52. The lowest BCUT2D eigenvalue weighted by molar-refractivity contribution is 0.660. The van der Waals surface area contributed by atoms with E-state index in [1.165, 1.54) is 121 Å². The van der Waals surface area contributed by atoms with Gasteiger partial charge in [-0.25, -0.2) is 0 Å². The molecule has 3 heterocycles. The summed E-state index contributed by atoms with van der Waals surface area (Å²) in [6.07, 6.45) is 5.66. The van der Waals surface area contributed by atoms with E-state index in [9.17, 15) is 0 Å². The maximum absolute atomic E-state index is 3.75. The highest BCUT2D eigenvalue weighted by Gasteiger charge is 2.36. The number of allylic oxidation sites excluding steroid dienone is 6. The van der Waals surface area contributed by atoms with Gasteiger partial charge in [-0.3, -0.25) is 0 Å². The zero-order chi connectivity index (χ0) is 66.3. The fourth-order valence-electron chi connectivity index (χ4n) is 14.9. The van der Waals surface area contributed by atoms with Crippen LogP contribution in [0.15, 0.2) is 357 Å². The Balaban J connectivity index is 0.000000376. The second-order valence-corrected chi connectivity index (χ2v) is 26.0. The molecule has 0 spiro atoms. The first-order valence-electron chi connectivity index (χ1n) is 33.6. The summed E-state index contributed by atoms with van der Waals surface area (Å²) in [7, 11) is 0. The molecule has 0 N–H and O–H groups in total. The quantitative estimate of drug-likeness (QED) is 0.118. The minimum atomic E-state index is -0.177. The van der Waals surface area contributed by atoms with Crippen molar-refractivity contribution in [3.05, 3.63) is 374 Å². The Morgan fingerprint density at radius 2 is 0.773 bits per heavy atom. The van der Waals surface area contributed by atoms with Gasteiger partial charge in [-0.05, 0) is 180 Å². The molecular formula is C93H76N4. The predicted octanol–water partition coefficient (Wildman–Crippen LogP) is 25.7. The average molecular weight is 1250 g/mol. The van der Waals surface area contributed by atoms with Crippen LogP contribution in [0.3, 0.4) is 0 Å². The van der Waals surface area contributed by atoms with Gasteiger partial charge in [0.15, 0.2) is 0 Å². The first kappa shape index (κ1) is 61.2. The lowest BCUT2D eigenvalue weighted by Gasteiger charge is -2.26. The smallest absolute Gasteiger partial charge is 0.0641 e. The average Bonchev–Trinajstić information content (AvgIpc) is 1.53. The van der Waals surface area contributed by atoms with Crippen LogP contribution in [0.4, 0.5) is 17.1 Å². The number of hydrogen-bond acceptors (Lipinski definition) is 1. The Bertz CT molecular complexity index is 5600. The number of anilines is 3. The van der Waals surface area contributed by atoms with Gasteiger partial charge in [0.25, 0.3) is 0 Å². The molecule has 0 saturated carbocycles. The molecular weight excluding hydrogens is 1170 g/mol. The van der Waals surface area contributed by atoms with E-state index in [1.54, 1.807) is 6.08 Å². The van der Waals surface area contributed by atoms with Crippen molar-refractivity contribution >= 4 is 82.5 Å².